The Labute approximate surface area is 131 Å². The second kappa shape index (κ2) is 5.78. The Morgan fingerprint density at radius 3 is 2.86 bits per heavy atom. The molecule has 2 aromatic rings. The molecule has 21 heavy (non-hydrogen) atoms. The fraction of sp³-hybridized carbons (Fsp3) is 0.308. The van der Waals surface area contributed by atoms with E-state index in [-0.39, 0.29) is 5.09 Å². The summed E-state index contributed by atoms with van der Waals surface area (Å²) in [6, 6.07) is 5.24. The van der Waals surface area contributed by atoms with Crippen LogP contribution < -0.4 is 10.0 Å². The third-order valence-electron chi connectivity index (χ3n) is 3.06. The van der Waals surface area contributed by atoms with Crippen LogP contribution in [0.2, 0.25) is 0 Å². The first kappa shape index (κ1) is 14.6. The van der Waals surface area contributed by atoms with Gasteiger partial charge in [-0.1, -0.05) is 0 Å². The molecule has 0 saturated heterocycles. The van der Waals surface area contributed by atoms with Crippen molar-refractivity contribution in [1.29, 1.82) is 0 Å². The van der Waals surface area contributed by atoms with E-state index < -0.39 is 10.0 Å². The first-order valence-electron chi connectivity index (χ1n) is 6.49. The maximum Gasteiger partial charge on any atom is 0.295 e. The van der Waals surface area contributed by atoms with Crippen molar-refractivity contribution in [3.63, 3.8) is 0 Å². The van der Waals surface area contributed by atoms with Crippen molar-refractivity contribution in [2.45, 2.75) is 30.5 Å². The van der Waals surface area contributed by atoms with Gasteiger partial charge in [-0.05, 0) is 47.0 Å². The monoisotopic (exact) mass is 371 g/mol. The molecule has 0 aliphatic heterocycles. The van der Waals surface area contributed by atoms with Crippen LogP contribution in [0, 0.1) is 0 Å². The Balaban J connectivity index is 1.73. The summed E-state index contributed by atoms with van der Waals surface area (Å²) in [5.41, 5.74) is 0.416. The highest BCUT2D eigenvalue weighted by molar-refractivity contribution is 9.10. The third kappa shape index (κ3) is 3.63. The van der Waals surface area contributed by atoms with E-state index in [9.17, 15) is 8.42 Å². The predicted octanol–water partition coefficient (Wildman–Crippen LogP) is 2.49. The van der Waals surface area contributed by atoms with Crippen molar-refractivity contribution in [3.05, 3.63) is 40.8 Å². The molecule has 0 spiro atoms. The van der Waals surface area contributed by atoms with Crippen LogP contribution in [0.25, 0.3) is 0 Å². The summed E-state index contributed by atoms with van der Waals surface area (Å²) in [6.45, 7) is 0.541. The van der Waals surface area contributed by atoms with Crippen molar-refractivity contribution < 1.29 is 12.8 Å². The summed E-state index contributed by atoms with van der Waals surface area (Å²) >= 11 is 3.24. The van der Waals surface area contributed by atoms with Crippen LogP contribution in [0.3, 0.4) is 0 Å². The van der Waals surface area contributed by atoms with Gasteiger partial charge in [0, 0.05) is 18.4 Å². The molecule has 1 saturated carbocycles. The fourth-order valence-corrected chi connectivity index (χ4v) is 3.30. The number of hydrogen-bond acceptors (Lipinski definition) is 5. The minimum atomic E-state index is -3.74. The van der Waals surface area contributed by atoms with Crippen LogP contribution in [0.5, 0.6) is 0 Å². The Morgan fingerprint density at radius 2 is 2.14 bits per heavy atom. The summed E-state index contributed by atoms with van der Waals surface area (Å²) in [5.74, 6) is 0.607. The predicted molar refractivity (Wildman–Crippen MR) is 81.3 cm³/mol. The number of rotatable bonds is 6. The molecular weight excluding hydrogens is 358 g/mol. The number of halogens is 1. The Bertz CT molecular complexity index is 741. The quantitative estimate of drug-likeness (QED) is 0.814. The van der Waals surface area contributed by atoms with Gasteiger partial charge in [0.1, 0.15) is 5.76 Å². The van der Waals surface area contributed by atoms with Gasteiger partial charge < -0.3 is 9.73 Å². The second-order valence-corrected chi connectivity index (χ2v) is 7.30. The Hall–Kier alpha value is -1.38. The Kier molecular flexibility index (Phi) is 4.01. The average molecular weight is 372 g/mol. The van der Waals surface area contributed by atoms with Gasteiger partial charge in [-0.2, -0.15) is 8.42 Å². The van der Waals surface area contributed by atoms with Crippen molar-refractivity contribution in [1.82, 2.24) is 10.3 Å². The standard InChI is InChI=1S/C13H14BrN3O3S/c14-11-8-15-6-5-12(11)17-21(18,19)13-4-3-10(20-13)7-16-9-1-2-9/h3-6,8-9,16H,1-2,7H2,(H,15,17). The lowest BCUT2D eigenvalue weighted by Crippen LogP contribution is -2.15. The summed E-state index contributed by atoms with van der Waals surface area (Å²) in [7, 11) is -3.74. The number of nitrogens with zero attached hydrogens (tertiary/aromatic N) is 1. The first-order valence-corrected chi connectivity index (χ1v) is 8.77. The van der Waals surface area contributed by atoms with Crippen LogP contribution >= 0.6 is 15.9 Å². The van der Waals surface area contributed by atoms with Crippen molar-refractivity contribution in [2.24, 2.45) is 0 Å². The molecule has 6 nitrogen and oxygen atoms in total. The molecule has 2 heterocycles. The number of hydrogen-bond donors (Lipinski definition) is 2. The molecule has 1 aliphatic carbocycles. The van der Waals surface area contributed by atoms with E-state index in [0.29, 0.717) is 28.5 Å². The SMILES string of the molecule is O=S(=O)(Nc1ccncc1Br)c1ccc(CNC2CC2)o1. The molecule has 8 heteroatoms. The molecule has 0 aromatic carbocycles. The molecule has 0 amide bonds. The number of anilines is 1. The normalized spacial score (nSPS) is 15.1. The number of nitrogens with one attached hydrogen (secondary N) is 2. The zero-order valence-electron chi connectivity index (χ0n) is 11.0. The molecule has 0 unspecified atom stereocenters. The lowest BCUT2D eigenvalue weighted by atomic mass is 10.4. The first-order chi connectivity index (χ1) is 10.0. The van der Waals surface area contributed by atoms with Gasteiger partial charge in [0.05, 0.1) is 16.7 Å². The van der Waals surface area contributed by atoms with Crippen molar-refractivity contribution in [2.75, 3.05) is 4.72 Å². The second-order valence-electron chi connectivity index (χ2n) is 4.84. The number of pyridine rings is 1. The maximum absolute atomic E-state index is 12.3. The van der Waals surface area contributed by atoms with Gasteiger partial charge >= 0.3 is 0 Å². The molecule has 0 bridgehead atoms. The van der Waals surface area contributed by atoms with Crippen LogP contribution in [-0.4, -0.2) is 19.4 Å². The number of sulfonamides is 1. The minimum absolute atomic E-state index is 0.0983. The fourth-order valence-electron chi connectivity index (χ4n) is 1.78. The largest absolute Gasteiger partial charge is 0.446 e. The van der Waals surface area contributed by atoms with E-state index in [4.69, 9.17) is 4.42 Å². The molecule has 1 aliphatic rings. The van der Waals surface area contributed by atoms with Gasteiger partial charge in [0.15, 0.2) is 0 Å². The van der Waals surface area contributed by atoms with Crippen LogP contribution in [0.4, 0.5) is 5.69 Å². The highest BCUT2D eigenvalue weighted by Gasteiger charge is 2.22. The molecule has 112 valence electrons. The van der Waals surface area contributed by atoms with Crippen LogP contribution in [-0.2, 0) is 16.6 Å². The van der Waals surface area contributed by atoms with E-state index in [2.05, 4.69) is 31.0 Å². The van der Waals surface area contributed by atoms with Gasteiger partial charge in [0.25, 0.3) is 10.0 Å². The van der Waals surface area contributed by atoms with Crippen molar-refractivity contribution >= 4 is 31.6 Å². The zero-order valence-corrected chi connectivity index (χ0v) is 13.4. The number of aromatic nitrogens is 1. The van der Waals surface area contributed by atoms with Gasteiger partial charge in [0.2, 0.25) is 5.09 Å². The molecule has 2 aromatic heterocycles. The molecule has 3 rings (SSSR count). The van der Waals surface area contributed by atoms with Gasteiger partial charge in [-0.3, -0.25) is 9.71 Å². The van der Waals surface area contributed by atoms with Crippen LogP contribution in [0.15, 0.2) is 44.6 Å². The van der Waals surface area contributed by atoms with E-state index in [0.717, 1.165) is 0 Å². The highest BCUT2D eigenvalue weighted by Crippen LogP contribution is 2.25. The van der Waals surface area contributed by atoms with Crippen molar-refractivity contribution in [3.8, 4) is 0 Å². The lowest BCUT2D eigenvalue weighted by molar-refractivity contribution is 0.403. The smallest absolute Gasteiger partial charge is 0.295 e. The maximum atomic E-state index is 12.3. The molecular formula is C13H14BrN3O3S. The summed E-state index contributed by atoms with van der Waals surface area (Å²) in [6.07, 6.45) is 5.37. The van der Waals surface area contributed by atoms with E-state index >= 15 is 0 Å². The highest BCUT2D eigenvalue weighted by atomic mass is 79.9. The average Bonchev–Trinajstić information content (AvgIpc) is 3.15. The third-order valence-corrected chi connectivity index (χ3v) is 4.93. The Morgan fingerprint density at radius 1 is 1.33 bits per heavy atom. The van der Waals surface area contributed by atoms with E-state index in [1.807, 2.05) is 0 Å². The summed E-state index contributed by atoms with van der Waals surface area (Å²) in [5, 5.41) is 3.17. The van der Waals surface area contributed by atoms with Gasteiger partial charge in [-0.25, -0.2) is 0 Å². The number of furan rings is 1. The topological polar surface area (TPSA) is 84.2 Å². The molecule has 1 fully saturated rings. The van der Waals surface area contributed by atoms with E-state index in [1.165, 1.54) is 31.3 Å². The van der Waals surface area contributed by atoms with Crippen LogP contribution in [0.1, 0.15) is 18.6 Å². The minimum Gasteiger partial charge on any atom is -0.446 e. The van der Waals surface area contributed by atoms with Gasteiger partial charge in [-0.15, -0.1) is 0 Å². The summed E-state index contributed by atoms with van der Waals surface area (Å²) < 4.78 is 32.9. The zero-order chi connectivity index (χ0) is 14.9. The summed E-state index contributed by atoms with van der Waals surface area (Å²) in [4.78, 5) is 3.89. The molecule has 0 atom stereocenters. The molecule has 0 radical (unpaired) electrons. The van der Waals surface area contributed by atoms with E-state index in [1.54, 1.807) is 12.1 Å². The lowest BCUT2D eigenvalue weighted by Gasteiger charge is -2.07. The molecule has 2 N–H and O–H groups in total.